The van der Waals surface area contributed by atoms with Crippen molar-refractivity contribution in [1.82, 2.24) is 0 Å². The second-order valence-electron chi connectivity index (χ2n) is 3.10. The minimum Gasteiger partial charge on any atom is -0.372 e. The van der Waals surface area contributed by atoms with Gasteiger partial charge < -0.3 is 4.18 Å². The van der Waals surface area contributed by atoms with E-state index >= 15 is 0 Å². The molecule has 0 aromatic heterocycles. The fourth-order valence-electron chi connectivity index (χ4n) is 0.974. The Morgan fingerprint density at radius 3 is 1.95 bits per heavy atom. The van der Waals surface area contributed by atoms with Gasteiger partial charge in [-0.15, -0.1) is 0 Å². The van der Waals surface area contributed by atoms with Gasteiger partial charge in [-0.1, -0.05) is 6.07 Å². The summed E-state index contributed by atoms with van der Waals surface area (Å²) < 4.78 is 110. The van der Waals surface area contributed by atoms with E-state index in [1.807, 2.05) is 0 Å². The first-order valence-corrected chi connectivity index (χ1v) is 5.63. The van der Waals surface area contributed by atoms with Gasteiger partial charge in [0.2, 0.25) is 0 Å². The summed E-state index contributed by atoms with van der Waals surface area (Å²) in [6, 6.07) is 1.06. The fourth-order valence-corrected chi connectivity index (χ4v) is 1.46. The molecule has 0 aliphatic heterocycles. The van der Waals surface area contributed by atoms with Gasteiger partial charge in [0.1, 0.15) is 5.56 Å². The zero-order valence-corrected chi connectivity index (χ0v) is 9.33. The van der Waals surface area contributed by atoms with Crippen molar-refractivity contribution in [3.8, 4) is 5.75 Å². The Labute approximate surface area is 101 Å². The van der Waals surface area contributed by atoms with E-state index in [4.69, 9.17) is 0 Å². The largest absolute Gasteiger partial charge is 0.534 e. The van der Waals surface area contributed by atoms with Gasteiger partial charge in [-0.05, 0) is 12.1 Å². The highest BCUT2D eigenvalue weighted by Gasteiger charge is 2.50. The first-order valence-electron chi connectivity index (χ1n) is 4.23. The van der Waals surface area contributed by atoms with E-state index in [0.29, 0.717) is 12.1 Å². The second-order valence-corrected chi connectivity index (χ2v) is 4.64. The van der Waals surface area contributed by atoms with Crippen LogP contribution in [0.25, 0.3) is 0 Å². The Bertz CT molecular complexity index is 573. The van der Waals surface area contributed by atoms with Crippen LogP contribution in [0.5, 0.6) is 5.75 Å². The molecule has 19 heavy (non-hydrogen) atoms. The summed E-state index contributed by atoms with van der Waals surface area (Å²) in [6.07, 6.45) is -5.28. The molecule has 0 radical (unpaired) electrons. The molecule has 0 aliphatic rings. The zero-order chi connectivity index (χ0) is 15.1. The Kier molecular flexibility index (Phi) is 3.72. The summed E-state index contributed by atoms with van der Waals surface area (Å²) in [5.74, 6) is -3.94. The normalized spacial score (nSPS) is 13.4. The smallest absolute Gasteiger partial charge is 0.372 e. The molecule has 1 aromatic carbocycles. The number of benzene rings is 1. The molecule has 0 aliphatic carbocycles. The minimum absolute atomic E-state index is 0.185. The maximum atomic E-state index is 13.0. The van der Waals surface area contributed by atoms with Crippen LogP contribution in [0, 0.1) is 5.82 Å². The van der Waals surface area contributed by atoms with Crippen molar-refractivity contribution >= 4 is 10.1 Å². The SMILES string of the molecule is O=S(=O)(Oc1c(F)cccc1C(F)(F)F)C(F)(F)F. The Hall–Kier alpha value is -1.52. The van der Waals surface area contributed by atoms with Crippen molar-refractivity contribution in [2.75, 3.05) is 0 Å². The lowest BCUT2D eigenvalue weighted by Crippen LogP contribution is -2.29. The van der Waals surface area contributed by atoms with Gasteiger partial charge >= 0.3 is 21.8 Å². The molecule has 0 saturated heterocycles. The highest BCUT2D eigenvalue weighted by atomic mass is 32.2. The maximum absolute atomic E-state index is 13.0. The lowest BCUT2D eigenvalue weighted by atomic mass is 10.2. The molecule has 0 saturated carbocycles. The number of alkyl halides is 6. The molecule has 0 atom stereocenters. The van der Waals surface area contributed by atoms with E-state index in [9.17, 15) is 39.2 Å². The summed E-state index contributed by atoms with van der Waals surface area (Å²) in [4.78, 5) is 0. The highest BCUT2D eigenvalue weighted by Crippen LogP contribution is 2.39. The average Bonchev–Trinajstić information content (AvgIpc) is 2.17. The molecule has 1 aromatic rings. The van der Waals surface area contributed by atoms with Gasteiger partial charge in [-0.3, -0.25) is 0 Å². The van der Waals surface area contributed by atoms with E-state index in [0.717, 1.165) is 0 Å². The maximum Gasteiger partial charge on any atom is 0.534 e. The fraction of sp³-hybridized carbons (Fsp3) is 0.250. The molecular weight excluding hydrogens is 309 g/mol. The zero-order valence-electron chi connectivity index (χ0n) is 8.51. The van der Waals surface area contributed by atoms with E-state index in [1.165, 1.54) is 0 Å². The van der Waals surface area contributed by atoms with Crippen LogP contribution < -0.4 is 4.18 Å². The van der Waals surface area contributed by atoms with Crippen molar-refractivity contribution in [1.29, 1.82) is 0 Å². The van der Waals surface area contributed by atoms with E-state index in [2.05, 4.69) is 4.18 Å². The topological polar surface area (TPSA) is 43.4 Å². The number of rotatable bonds is 2. The summed E-state index contributed by atoms with van der Waals surface area (Å²) in [6.45, 7) is 0. The van der Waals surface area contributed by atoms with E-state index in [1.54, 1.807) is 0 Å². The van der Waals surface area contributed by atoms with Crippen LogP contribution in [-0.2, 0) is 16.3 Å². The second kappa shape index (κ2) is 4.54. The molecule has 11 heteroatoms. The molecule has 0 heterocycles. The first-order chi connectivity index (χ1) is 8.36. The van der Waals surface area contributed by atoms with Crippen molar-refractivity contribution in [3.63, 3.8) is 0 Å². The van der Waals surface area contributed by atoms with Gasteiger partial charge in [0, 0.05) is 0 Å². The van der Waals surface area contributed by atoms with Crippen LogP contribution in [0.3, 0.4) is 0 Å². The number of hydrogen-bond acceptors (Lipinski definition) is 3. The molecule has 0 bridgehead atoms. The van der Waals surface area contributed by atoms with E-state index < -0.39 is 38.9 Å². The van der Waals surface area contributed by atoms with Crippen LogP contribution in [0.1, 0.15) is 5.56 Å². The molecule has 3 nitrogen and oxygen atoms in total. The third-order valence-electron chi connectivity index (χ3n) is 1.75. The molecule has 0 spiro atoms. The Morgan fingerprint density at radius 1 is 1.00 bits per heavy atom. The summed E-state index contributed by atoms with van der Waals surface area (Å²) >= 11 is 0. The van der Waals surface area contributed by atoms with Crippen LogP contribution in [0.4, 0.5) is 30.7 Å². The van der Waals surface area contributed by atoms with Crippen LogP contribution in [0.2, 0.25) is 0 Å². The van der Waals surface area contributed by atoms with Gasteiger partial charge in [-0.25, -0.2) is 4.39 Å². The Balaban J connectivity index is 3.38. The number of para-hydroxylation sites is 1. The summed E-state index contributed by atoms with van der Waals surface area (Å²) in [5, 5.41) is 0. The molecule has 0 unspecified atom stereocenters. The minimum atomic E-state index is -6.40. The molecule has 1 rings (SSSR count). The van der Waals surface area contributed by atoms with E-state index in [-0.39, 0.29) is 6.07 Å². The predicted octanol–water partition coefficient (Wildman–Crippen LogP) is 3.07. The molecule has 0 fully saturated rings. The monoisotopic (exact) mass is 312 g/mol. The first kappa shape index (κ1) is 15.5. The average molecular weight is 312 g/mol. The molecular formula is C8H3F7O3S. The number of hydrogen-bond donors (Lipinski definition) is 0. The lowest BCUT2D eigenvalue weighted by Gasteiger charge is -2.15. The predicted molar refractivity (Wildman–Crippen MR) is 47.0 cm³/mol. The van der Waals surface area contributed by atoms with Crippen LogP contribution in [-0.4, -0.2) is 13.9 Å². The third kappa shape index (κ3) is 3.28. The molecule has 108 valence electrons. The Morgan fingerprint density at radius 2 is 1.53 bits per heavy atom. The van der Waals surface area contributed by atoms with Gasteiger partial charge in [0.05, 0.1) is 0 Å². The van der Waals surface area contributed by atoms with Crippen molar-refractivity contribution in [3.05, 3.63) is 29.6 Å². The van der Waals surface area contributed by atoms with Gasteiger partial charge in [0.15, 0.2) is 11.6 Å². The van der Waals surface area contributed by atoms with Crippen LogP contribution >= 0.6 is 0 Å². The quantitative estimate of drug-likeness (QED) is 0.479. The third-order valence-corrected chi connectivity index (χ3v) is 2.70. The van der Waals surface area contributed by atoms with Crippen molar-refractivity contribution in [2.24, 2.45) is 0 Å². The highest BCUT2D eigenvalue weighted by molar-refractivity contribution is 7.88. The molecule has 0 amide bonds. The summed E-state index contributed by atoms with van der Waals surface area (Å²) in [7, 11) is -6.40. The van der Waals surface area contributed by atoms with Crippen molar-refractivity contribution in [2.45, 2.75) is 11.7 Å². The van der Waals surface area contributed by atoms with Crippen molar-refractivity contribution < 1.29 is 43.3 Å². The molecule has 0 N–H and O–H groups in total. The standard InChI is InChI=1S/C8H3F7O3S/c9-5-3-1-2-4(7(10,11)12)6(5)18-19(16,17)8(13,14)15/h1-3H. The van der Waals surface area contributed by atoms with Gasteiger partial charge in [-0.2, -0.15) is 34.8 Å². The lowest BCUT2D eigenvalue weighted by molar-refractivity contribution is -0.138. The summed E-state index contributed by atoms with van der Waals surface area (Å²) in [5.41, 5.74) is -7.95. The van der Waals surface area contributed by atoms with Gasteiger partial charge in [0.25, 0.3) is 0 Å². The number of halogens is 7. The van der Waals surface area contributed by atoms with Crippen LogP contribution in [0.15, 0.2) is 18.2 Å².